The molecule has 36 heavy (non-hydrogen) atoms. The molecule has 0 bridgehead atoms. The third-order valence-electron chi connectivity index (χ3n) is 5.55. The van der Waals surface area contributed by atoms with Crippen LogP contribution in [0.5, 0.6) is 0 Å². The number of sulfonamides is 1. The highest BCUT2D eigenvalue weighted by atomic mass is 35.5. The van der Waals surface area contributed by atoms with Crippen LogP contribution in [-0.4, -0.2) is 43.8 Å². The van der Waals surface area contributed by atoms with Crippen LogP contribution in [0.25, 0.3) is 0 Å². The van der Waals surface area contributed by atoms with Gasteiger partial charge in [-0.2, -0.15) is 0 Å². The van der Waals surface area contributed by atoms with E-state index in [1.54, 1.807) is 79.7 Å². The van der Waals surface area contributed by atoms with Crippen LogP contribution in [0.2, 0.25) is 5.02 Å². The summed E-state index contributed by atoms with van der Waals surface area (Å²) in [4.78, 5) is 28.0. The molecule has 3 aromatic carbocycles. The van der Waals surface area contributed by atoms with E-state index in [0.29, 0.717) is 16.3 Å². The van der Waals surface area contributed by atoms with Gasteiger partial charge < -0.3 is 10.2 Å². The van der Waals surface area contributed by atoms with Crippen LogP contribution in [0.4, 0.5) is 5.69 Å². The van der Waals surface area contributed by atoms with Gasteiger partial charge in [0, 0.05) is 17.6 Å². The Morgan fingerprint density at radius 1 is 0.861 bits per heavy atom. The van der Waals surface area contributed by atoms with Gasteiger partial charge >= 0.3 is 0 Å². The molecular weight excluding hydrogens is 498 g/mol. The second kappa shape index (κ2) is 12.1. The second-order valence-corrected chi connectivity index (χ2v) is 10.9. The molecule has 0 aliphatic heterocycles. The highest BCUT2D eigenvalue weighted by Gasteiger charge is 2.32. The van der Waals surface area contributed by atoms with Gasteiger partial charge in [-0.05, 0) is 56.7 Å². The molecule has 1 atom stereocenters. The summed E-state index contributed by atoms with van der Waals surface area (Å²) in [6.07, 6.45) is 0. The zero-order chi connectivity index (χ0) is 26.3. The molecule has 0 heterocycles. The maximum Gasteiger partial charge on any atom is 0.264 e. The van der Waals surface area contributed by atoms with E-state index in [0.717, 1.165) is 4.31 Å². The average Bonchev–Trinajstić information content (AvgIpc) is 2.86. The number of rotatable bonds is 10. The van der Waals surface area contributed by atoms with Gasteiger partial charge in [0.25, 0.3) is 10.0 Å². The van der Waals surface area contributed by atoms with Crippen LogP contribution in [-0.2, 0) is 26.2 Å². The number of anilines is 1. The van der Waals surface area contributed by atoms with Gasteiger partial charge in [0.05, 0.1) is 10.6 Å². The van der Waals surface area contributed by atoms with Crippen molar-refractivity contribution in [3.05, 3.63) is 95.5 Å². The smallest absolute Gasteiger partial charge is 0.264 e. The maximum atomic E-state index is 13.7. The fourth-order valence-electron chi connectivity index (χ4n) is 3.64. The van der Waals surface area contributed by atoms with Crippen LogP contribution in [0.3, 0.4) is 0 Å². The van der Waals surface area contributed by atoms with E-state index in [1.807, 2.05) is 13.8 Å². The zero-order valence-corrected chi connectivity index (χ0v) is 22.0. The molecule has 3 aromatic rings. The number of amides is 2. The van der Waals surface area contributed by atoms with Crippen molar-refractivity contribution in [2.75, 3.05) is 10.8 Å². The van der Waals surface area contributed by atoms with Gasteiger partial charge in [-0.3, -0.25) is 13.9 Å². The SMILES string of the molecule is CC(C)NC(=O)C(C)N(Cc1ccccc1Cl)C(=O)CN(c1ccccc1)S(=O)(=O)c1ccccc1. The molecule has 2 amide bonds. The quantitative estimate of drug-likeness (QED) is 0.421. The van der Waals surface area contributed by atoms with Gasteiger partial charge in [-0.15, -0.1) is 0 Å². The van der Waals surface area contributed by atoms with E-state index in [-0.39, 0.29) is 23.4 Å². The van der Waals surface area contributed by atoms with Crippen molar-refractivity contribution in [1.29, 1.82) is 0 Å². The first-order valence-electron chi connectivity index (χ1n) is 11.6. The predicted octanol–water partition coefficient (Wildman–Crippen LogP) is 4.48. The molecule has 0 aromatic heterocycles. The number of benzene rings is 3. The molecular formula is C27H30ClN3O4S. The molecule has 0 spiro atoms. The fraction of sp³-hybridized carbons (Fsp3) is 0.259. The molecule has 3 rings (SSSR count). The van der Waals surface area contributed by atoms with E-state index >= 15 is 0 Å². The zero-order valence-electron chi connectivity index (χ0n) is 20.5. The Labute approximate surface area is 217 Å². The van der Waals surface area contributed by atoms with Crippen molar-refractivity contribution >= 4 is 39.1 Å². The number of para-hydroxylation sites is 1. The van der Waals surface area contributed by atoms with Gasteiger partial charge in [-0.1, -0.05) is 66.2 Å². The monoisotopic (exact) mass is 527 g/mol. The number of nitrogens with one attached hydrogen (secondary N) is 1. The molecule has 0 saturated heterocycles. The largest absolute Gasteiger partial charge is 0.352 e. The highest BCUT2D eigenvalue weighted by Crippen LogP contribution is 2.25. The second-order valence-electron chi connectivity index (χ2n) is 8.61. The normalized spacial score (nSPS) is 12.1. The minimum absolute atomic E-state index is 0.0409. The summed E-state index contributed by atoms with van der Waals surface area (Å²) >= 11 is 6.35. The van der Waals surface area contributed by atoms with Crippen molar-refractivity contribution in [3.63, 3.8) is 0 Å². The first-order valence-corrected chi connectivity index (χ1v) is 13.4. The van der Waals surface area contributed by atoms with Gasteiger partial charge in [0.2, 0.25) is 11.8 Å². The Morgan fingerprint density at radius 2 is 1.42 bits per heavy atom. The number of halogens is 1. The topological polar surface area (TPSA) is 86.8 Å². The fourth-order valence-corrected chi connectivity index (χ4v) is 5.27. The number of nitrogens with zero attached hydrogens (tertiary/aromatic N) is 2. The molecule has 9 heteroatoms. The third-order valence-corrected chi connectivity index (χ3v) is 7.71. The summed E-state index contributed by atoms with van der Waals surface area (Å²) in [5.41, 5.74) is 0.987. The van der Waals surface area contributed by atoms with Crippen molar-refractivity contribution in [2.45, 2.75) is 44.3 Å². The number of carbonyl (C=O) groups is 2. The molecule has 190 valence electrons. The first-order chi connectivity index (χ1) is 17.1. The molecule has 0 aliphatic rings. The summed E-state index contributed by atoms with van der Waals surface area (Å²) in [5.74, 6) is -0.882. The Bertz CT molecular complexity index is 1280. The van der Waals surface area contributed by atoms with E-state index in [2.05, 4.69) is 5.32 Å². The van der Waals surface area contributed by atoms with Gasteiger partial charge in [0.1, 0.15) is 12.6 Å². The van der Waals surface area contributed by atoms with E-state index < -0.39 is 28.5 Å². The number of hydrogen-bond acceptors (Lipinski definition) is 4. The van der Waals surface area contributed by atoms with Crippen LogP contribution in [0.1, 0.15) is 26.3 Å². The Kier molecular flexibility index (Phi) is 9.12. The van der Waals surface area contributed by atoms with Crippen molar-refractivity contribution < 1.29 is 18.0 Å². The highest BCUT2D eigenvalue weighted by molar-refractivity contribution is 7.92. The lowest BCUT2D eigenvalue weighted by molar-refractivity contribution is -0.139. The van der Waals surface area contributed by atoms with Gasteiger partial charge in [0.15, 0.2) is 0 Å². The van der Waals surface area contributed by atoms with E-state index in [9.17, 15) is 18.0 Å². The molecule has 1 unspecified atom stereocenters. The van der Waals surface area contributed by atoms with E-state index in [4.69, 9.17) is 11.6 Å². The Hall–Kier alpha value is -3.36. The molecule has 0 saturated carbocycles. The Morgan fingerprint density at radius 3 is 2.00 bits per heavy atom. The maximum absolute atomic E-state index is 13.7. The van der Waals surface area contributed by atoms with Gasteiger partial charge in [-0.25, -0.2) is 8.42 Å². The van der Waals surface area contributed by atoms with Crippen LogP contribution < -0.4 is 9.62 Å². The molecule has 1 N–H and O–H groups in total. The standard InChI is InChI=1S/C27H30ClN3O4S/c1-20(2)29-27(33)21(3)30(18-22-12-10-11-17-25(22)28)26(32)19-31(23-13-6-4-7-14-23)36(34,35)24-15-8-5-9-16-24/h4-17,20-21H,18-19H2,1-3H3,(H,29,33). The van der Waals surface area contributed by atoms with E-state index in [1.165, 1.54) is 17.0 Å². The van der Waals surface area contributed by atoms with Crippen LogP contribution in [0.15, 0.2) is 89.8 Å². The average molecular weight is 528 g/mol. The molecule has 7 nitrogen and oxygen atoms in total. The summed E-state index contributed by atoms with van der Waals surface area (Å²) in [6, 6.07) is 22.4. The van der Waals surface area contributed by atoms with Crippen molar-refractivity contribution in [3.8, 4) is 0 Å². The minimum atomic E-state index is -4.07. The summed E-state index contributed by atoms with van der Waals surface area (Å²) < 4.78 is 28.3. The van der Waals surface area contributed by atoms with Crippen molar-refractivity contribution in [1.82, 2.24) is 10.2 Å². The van der Waals surface area contributed by atoms with Crippen LogP contribution >= 0.6 is 11.6 Å². The lowest BCUT2D eigenvalue weighted by Gasteiger charge is -2.32. The van der Waals surface area contributed by atoms with Crippen LogP contribution in [0, 0.1) is 0 Å². The summed E-state index contributed by atoms with van der Waals surface area (Å²) in [7, 11) is -4.07. The molecule has 0 radical (unpaired) electrons. The van der Waals surface area contributed by atoms with Crippen molar-refractivity contribution in [2.24, 2.45) is 0 Å². The summed E-state index contributed by atoms with van der Waals surface area (Å²) in [6.45, 7) is 4.82. The molecule has 0 aliphatic carbocycles. The first kappa shape index (κ1) is 27.2. The Balaban J connectivity index is 2.00. The minimum Gasteiger partial charge on any atom is -0.352 e. The lowest BCUT2D eigenvalue weighted by atomic mass is 10.1. The molecule has 0 fully saturated rings. The summed E-state index contributed by atoms with van der Waals surface area (Å²) in [5, 5.41) is 3.27. The third kappa shape index (κ3) is 6.65. The number of carbonyl (C=O) groups excluding carboxylic acids is 2. The number of hydrogen-bond donors (Lipinski definition) is 1. The lowest BCUT2D eigenvalue weighted by Crippen LogP contribution is -2.52. The predicted molar refractivity (Wildman–Crippen MR) is 142 cm³/mol.